The maximum absolute atomic E-state index is 12.9. The number of rotatable bonds is 8. The highest BCUT2D eigenvalue weighted by atomic mass is 35.5. The lowest BCUT2D eigenvalue weighted by atomic mass is 9.95. The number of carbonyl (C=O) groups is 4. The van der Waals surface area contributed by atoms with Gasteiger partial charge in [0.25, 0.3) is 5.91 Å². The van der Waals surface area contributed by atoms with Crippen LogP contribution in [0.15, 0.2) is 48.5 Å². The Morgan fingerprint density at radius 3 is 2.33 bits per heavy atom. The number of halogens is 1. The van der Waals surface area contributed by atoms with Crippen molar-refractivity contribution in [1.29, 1.82) is 0 Å². The Bertz CT molecular complexity index is 1310. The molecule has 0 unspecified atom stereocenters. The van der Waals surface area contributed by atoms with Crippen LogP contribution in [0, 0.1) is 0 Å². The van der Waals surface area contributed by atoms with E-state index in [1.54, 1.807) is 43.3 Å². The van der Waals surface area contributed by atoms with Crippen molar-refractivity contribution in [1.82, 2.24) is 0 Å². The van der Waals surface area contributed by atoms with E-state index >= 15 is 0 Å². The van der Waals surface area contributed by atoms with Gasteiger partial charge >= 0.3 is 11.9 Å². The zero-order chi connectivity index (χ0) is 25.7. The van der Waals surface area contributed by atoms with Crippen molar-refractivity contribution in [2.75, 3.05) is 18.5 Å². The third kappa shape index (κ3) is 5.66. The molecule has 1 aromatic heterocycles. The number of ether oxygens (including phenoxy) is 2. The minimum atomic E-state index is -0.806. The van der Waals surface area contributed by atoms with Gasteiger partial charge < -0.3 is 14.8 Å². The molecule has 9 heteroatoms. The van der Waals surface area contributed by atoms with Crippen LogP contribution in [0.5, 0.6) is 0 Å². The molecule has 0 saturated heterocycles. The second-order valence-corrected chi connectivity index (χ2v) is 9.68. The van der Waals surface area contributed by atoms with Crippen LogP contribution in [-0.4, -0.2) is 36.8 Å². The number of esters is 2. The van der Waals surface area contributed by atoms with Gasteiger partial charge in [-0.05, 0) is 68.5 Å². The highest BCUT2D eigenvalue weighted by Gasteiger charge is 2.27. The zero-order valence-corrected chi connectivity index (χ0v) is 21.2. The van der Waals surface area contributed by atoms with E-state index < -0.39 is 24.5 Å². The largest absolute Gasteiger partial charge is 0.462 e. The van der Waals surface area contributed by atoms with E-state index in [4.69, 9.17) is 21.1 Å². The van der Waals surface area contributed by atoms with Crippen molar-refractivity contribution in [3.05, 3.63) is 86.2 Å². The lowest BCUT2D eigenvalue weighted by molar-refractivity contribution is -0.119. The van der Waals surface area contributed by atoms with Crippen molar-refractivity contribution in [3.8, 4) is 0 Å². The number of hydrogen-bond donors (Lipinski definition) is 1. The number of anilines is 1. The molecule has 0 atom stereocenters. The molecule has 1 amide bonds. The maximum Gasteiger partial charge on any atom is 0.341 e. The fourth-order valence-corrected chi connectivity index (χ4v) is 5.48. The predicted molar refractivity (Wildman–Crippen MR) is 137 cm³/mol. The van der Waals surface area contributed by atoms with Gasteiger partial charge in [0, 0.05) is 21.0 Å². The van der Waals surface area contributed by atoms with Crippen molar-refractivity contribution >= 4 is 51.6 Å². The lowest BCUT2D eigenvalue weighted by Gasteiger charge is -2.12. The molecule has 0 radical (unpaired) electrons. The molecule has 0 aliphatic heterocycles. The molecule has 1 aliphatic carbocycles. The van der Waals surface area contributed by atoms with E-state index in [0.29, 0.717) is 21.2 Å². The first-order chi connectivity index (χ1) is 17.4. The van der Waals surface area contributed by atoms with Gasteiger partial charge in [0.15, 0.2) is 12.4 Å². The Hall–Kier alpha value is -3.49. The van der Waals surface area contributed by atoms with E-state index in [2.05, 4.69) is 5.32 Å². The van der Waals surface area contributed by atoms with Gasteiger partial charge in [-0.25, -0.2) is 9.59 Å². The molecule has 0 saturated carbocycles. The maximum atomic E-state index is 12.9. The van der Waals surface area contributed by atoms with Gasteiger partial charge in [0.05, 0.1) is 17.7 Å². The van der Waals surface area contributed by atoms with Crippen molar-refractivity contribution in [3.63, 3.8) is 0 Å². The van der Waals surface area contributed by atoms with E-state index in [1.807, 2.05) is 0 Å². The minimum Gasteiger partial charge on any atom is -0.462 e. The monoisotopic (exact) mass is 525 g/mol. The molecular weight excluding hydrogens is 502 g/mol. The number of aryl methyl sites for hydroxylation is 1. The second-order valence-electron chi connectivity index (χ2n) is 8.14. The van der Waals surface area contributed by atoms with E-state index in [1.165, 1.54) is 23.5 Å². The summed E-state index contributed by atoms with van der Waals surface area (Å²) < 4.78 is 10.4. The smallest absolute Gasteiger partial charge is 0.341 e. The average Bonchev–Trinajstić information content (AvgIpc) is 3.25. The summed E-state index contributed by atoms with van der Waals surface area (Å²) >= 11 is 7.25. The molecule has 186 valence electrons. The molecule has 2 aromatic carbocycles. The summed E-state index contributed by atoms with van der Waals surface area (Å²) in [6.45, 7) is 1.37. The summed E-state index contributed by atoms with van der Waals surface area (Å²) in [6.07, 6.45) is 3.59. The molecule has 7 nitrogen and oxygen atoms in total. The molecule has 0 spiro atoms. The van der Waals surface area contributed by atoms with Crippen LogP contribution in [0.1, 0.15) is 66.8 Å². The van der Waals surface area contributed by atoms with E-state index in [9.17, 15) is 19.2 Å². The molecule has 0 fully saturated rings. The molecule has 3 aromatic rings. The topological polar surface area (TPSA) is 98.8 Å². The highest BCUT2D eigenvalue weighted by Crippen LogP contribution is 2.38. The number of hydrogen-bond acceptors (Lipinski definition) is 7. The molecule has 0 bridgehead atoms. The van der Waals surface area contributed by atoms with Crippen LogP contribution >= 0.6 is 22.9 Å². The summed E-state index contributed by atoms with van der Waals surface area (Å²) in [7, 11) is 0. The van der Waals surface area contributed by atoms with Crippen LogP contribution in [0.2, 0.25) is 5.02 Å². The first-order valence-electron chi connectivity index (χ1n) is 11.6. The first kappa shape index (κ1) is 25.6. The third-order valence-electron chi connectivity index (χ3n) is 5.74. The Morgan fingerprint density at radius 1 is 0.917 bits per heavy atom. The molecule has 1 aliphatic rings. The number of nitrogens with one attached hydrogen (secondary N) is 1. The normalized spacial score (nSPS) is 12.4. The van der Waals surface area contributed by atoms with E-state index in [0.717, 1.165) is 36.1 Å². The Morgan fingerprint density at radius 2 is 1.61 bits per heavy atom. The zero-order valence-electron chi connectivity index (χ0n) is 19.6. The van der Waals surface area contributed by atoms with Crippen LogP contribution in [0.4, 0.5) is 5.00 Å². The average molecular weight is 526 g/mol. The molecule has 1 N–H and O–H groups in total. The van der Waals surface area contributed by atoms with Crippen molar-refractivity contribution < 1.29 is 28.7 Å². The lowest BCUT2D eigenvalue weighted by Crippen LogP contribution is -2.23. The summed E-state index contributed by atoms with van der Waals surface area (Å²) in [5.74, 6) is -2.24. The number of carbonyl (C=O) groups excluding carboxylic acids is 4. The number of benzene rings is 2. The quantitative estimate of drug-likeness (QED) is 0.309. The number of thiophene rings is 1. The van der Waals surface area contributed by atoms with E-state index in [-0.39, 0.29) is 23.5 Å². The second kappa shape index (κ2) is 11.5. The van der Waals surface area contributed by atoms with Gasteiger partial charge in [0.1, 0.15) is 5.00 Å². The third-order valence-corrected chi connectivity index (χ3v) is 7.20. The van der Waals surface area contributed by atoms with Gasteiger partial charge in [-0.3, -0.25) is 9.59 Å². The molecule has 1 heterocycles. The SMILES string of the molecule is CCOC(=O)c1c(NC(=O)COC(=O)c2ccccc2C(=O)c2ccc(Cl)cc2)sc2c1CCCC2. The highest BCUT2D eigenvalue weighted by molar-refractivity contribution is 7.17. The van der Waals surface area contributed by atoms with Crippen molar-refractivity contribution in [2.45, 2.75) is 32.6 Å². The predicted octanol–water partition coefficient (Wildman–Crippen LogP) is 5.48. The van der Waals surface area contributed by atoms with Gasteiger partial charge in [-0.15, -0.1) is 11.3 Å². The Kier molecular flexibility index (Phi) is 8.18. The first-order valence-corrected chi connectivity index (χ1v) is 12.8. The summed E-state index contributed by atoms with van der Waals surface area (Å²) in [6, 6.07) is 12.6. The van der Waals surface area contributed by atoms with Crippen LogP contribution in [0.3, 0.4) is 0 Å². The van der Waals surface area contributed by atoms with Crippen LogP contribution in [0.25, 0.3) is 0 Å². The minimum absolute atomic E-state index is 0.0454. The standard InChI is InChI=1S/C27H24ClNO6S/c1-2-34-27(33)23-20-9-5-6-10-21(20)36-25(23)29-22(30)15-35-26(32)19-8-4-3-7-18(19)24(31)16-11-13-17(28)14-12-16/h3-4,7-8,11-14H,2,5-6,9-10,15H2,1H3,(H,29,30). The Labute approximate surface area is 217 Å². The van der Waals surface area contributed by atoms with Gasteiger partial charge in [0.2, 0.25) is 0 Å². The van der Waals surface area contributed by atoms with Crippen molar-refractivity contribution in [2.24, 2.45) is 0 Å². The molecule has 36 heavy (non-hydrogen) atoms. The number of ketones is 1. The molecule has 4 rings (SSSR count). The summed E-state index contributed by atoms with van der Waals surface area (Å²) in [5, 5.41) is 3.60. The van der Waals surface area contributed by atoms with Gasteiger partial charge in [-0.2, -0.15) is 0 Å². The van der Waals surface area contributed by atoms with Gasteiger partial charge in [-0.1, -0.05) is 29.8 Å². The van der Waals surface area contributed by atoms with Crippen LogP contribution in [-0.2, 0) is 27.1 Å². The van der Waals surface area contributed by atoms with Crippen LogP contribution < -0.4 is 5.32 Å². The fraction of sp³-hybridized carbons (Fsp3) is 0.259. The number of fused-ring (bicyclic) bond motifs is 1. The fourth-order valence-electron chi connectivity index (χ4n) is 4.06. The molecular formula is C27H24ClNO6S. The summed E-state index contributed by atoms with van der Waals surface area (Å²) in [4.78, 5) is 52.0. The number of amides is 1. The Balaban J connectivity index is 1.46. The summed E-state index contributed by atoms with van der Waals surface area (Å²) in [5.41, 5.74) is 1.87.